The molecule has 0 atom stereocenters. The molecule has 0 unspecified atom stereocenters. The van der Waals surface area contributed by atoms with Crippen LogP contribution in [0.2, 0.25) is 0 Å². The SMILES string of the molecule is Cc1ccc(C(=O)NCC(=O)OCC(=O)N(C2=CCCCC2)C2CC2)cc1C. The highest BCUT2D eigenvalue weighted by Crippen LogP contribution is 2.33. The number of hydrogen-bond donors (Lipinski definition) is 1. The molecule has 0 saturated heterocycles. The van der Waals surface area contributed by atoms with Crippen LogP contribution >= 0.6 is 0 Å². The van der Waals surface area contributed by atoms with Crippen LogP contribution < -0.4 is 5.32 Å². The van der Waals surface area contributed by atoms with Crippen molar-refractivity contribution in [2.24, 2.45) is 0 Å². The standard InChI is InChI=1S/C22H28N2O4/c1-15-8-9-17(12-16(15)2)22(27)23-13-21(26)28-14-20(25)24(19-10-11-19)18-6-4-3-5-7-18/h6,8-9,12,19H,3-5,7,10-11,13-14H2,1-2H3,(H,23,27). The van der Waals surface area contributed by atoms with Crippen molar-refractivity contribution in [2.75, 3.05) is 13.2 Å². The van der Waals surface area contributed by atoms with Gasteiger partial charge in [-0.05, 0) is 75.6 Å². The van der Waals surface area contributed by atoms with E-state index in [1.807, 2.05) is 24.8 Å². The summed E-state index contributed by atoms with van der Waals surface area (Å²) in [6, 6.07) is 5.62. The third-order valence-electron chi connectivity index (χ3n) is 5.28. The maximum atomic E-state index is 12.6. The fraction of sp³-hybridized carbons (Fsp3) is 0.500. The number of amides is 2. The first kappa shape index (κ1) is 20.1. The van der Waals surface area contributed by atoms with Gasteiger partial charge in [0.1, 0.15) is 6.54 Å². The molecule has 1 aromatic rings. The molecule has 2 aliphatic rings. The smallest absolute Gasteiger partial charge is 0.325 e. The van der Waals surface area contributed by atoms with Crippen LogP contribution in [-0.4, -0.2) is 41.9 Å². The number of nitrogens with zero attached hydrogens (tertiary/aromatic N) is 1. The Morgan fingerprint density at radius 3 is 2.57 bits per heavy atom. The molecule has 0 spiro atoms. The normalized spacial score (nSPS) is 16.1. The number of hydrogen-bond acceptors (Lipinski definition) is 4. The van der Waals surface area contributed by atoms with Crippen molar-refractivity contribution in [1.29, 1.82) is 0 Å². The van der Waals surface area contributed by atoms with Crippen LogP contribution in [0.3, 0.4) is 0 Å². The highest BCUT2D eigenvalue weighted by Gasteiger charge is 2.35. The molecule has 0 radical (unpaired) electrons. The third kappa shape index (κ3) is 5.21. The molecule has 1 fully saturated rings. The molecular formula is C22H28N2O4. The van der Waals surface area contributed by atoms with Gasteiger partial charge in [-0.25, -0.2) is 0 Å². The number of benzene rings is 1. The van der Waals surface area contributed by atoms with E-state index in [1.54, 1.807) is 12.1 Å². The van der Waals surface area contributed by atoms with Gasteiger partial charge >= 0.3 is 5.97 Å². The third-order valence-corrected chi connectivity index (χ3v) is 5.28. The van der Waals surface area contributed by atoms with E-state index in [4.69, 9.17) is 4.74 Å². The monoisotopic (exact) mass is 384 g/mol. The first-order valence-electron chi connectivity index (χ1n) is 9.98. The van der Waals surface area contributed by atoms with Crippen molar-refractivity contribution < 1.29 is 19.1 Å². The fourth-order valence-electron chi connectivity index (χ4n) is 3.37. The lowest BCUT2D eigenvalue weighted by molar-refractivity contribution is -0.150. The van der Waals surface area contributed by atoms with Crippen molar-refractivity contribution in [3.63, 3.8) is 0 Å². The minimum atomic E-state index is -0.612. The molecule has 6 heteroatoms. The van der Waals surface area contributed by atoms with Gasteiger partial charge in [-0.1, -0.05) is 12.1 Å². The van der Waals surface area contributed by atoms with Gasteiger partial charge in [-0.2, -0.15) is 0 Å². The van der Waals surface area contributed by atoms with E-state index in [0.717, 1.165) is 55.3 Å². The minimum absolute atomic E-state index is 0.176. The van der Waals surface area contributed by atoms with Crippen molar-refractivity contribution >= 4 is 17.8 Å². The Labute approximate surface area is 165 Å². The second kappa shape index (κ2) is 9.04. The summed E-state index contributed by atoms with van der Waals surface area (Å²) in [4.78, 5) is 38.5. The molecule has 3 rings (SSSR count). The van der Waals surface area contributed by atoms with E-state index < -0.39 is 5.97 Å². The van der Waals surface area contributed by atoms with E-state index in [2.05, 4.69) is 11.4 Å². The topological polar surface area (TPSA) is 75.7 Å². The Kier molecular flexibility index (Phi) is 6.49. The van der Waals surface area contributed by atoms with Gasteiger partial charge in [0.05, 0.1) is 0 Å². The average molecular weight is 384 g/mol. The van der Waals surface area contributed by atoms with Gasteiger partial charge in [0.2, 0.25) is 0 Å². The summed E-state index contributed by atoms with van der Waals surface area (Å²) in [7, 11) is 0. The van der Waals surface area contributed by atoms with Crippen LogP contribution in [0, 0.1) is 13.8 Å². The summed E-state index contributed by atoms with van der Waals surface area (Å²) in [5.41, 5.74) is 3.68. The number of esters is 1. The number of aryl methyl sites for hydroxylation is 2. The molecule has 0 aromatic heterocycles. The first-order chi connectivity index (χ1) is 13.5. The lowest BCUT2D eigenvalue weighted by Crippen LogP contribution is -2.38. The fourth-order valence-corrected chi connectivity index (χ4v) is 3.37. The Bertz CT molecular complexity index is 796. The van der Waals surface area contributed by atoms with Gasteiger partial charge < -0.3 is 15.0 Å². The molecule has 0 heterocycles. The number of carbonyl (C=O) groups excluding carboxylic acids is 3. The lowest BCUT2D eigenvalue weighted by Gasteiger charge is -2.27. The van der Waals surface area contributed by atoms with Gasteiger partial charge in [-0.3, -0.25) is 14.4 Å². The quantitative estimate of drug-likeness (QED) is 0.733. The Hall–Kier alpha value is -2.63. The van der Waals surface area contributed by atoms with Crippen molar-refractivity contribution in [3.05, 3.63) is 46.7 Å². The molecule has 150 valence electrons. The van der Waals surface area contributed by atoms with Crippen LogP contribution in [-0.2, 0) is 14.3 Å². The van der Waals surface area contributed by atoms with Gasteiger partial charge in [0.25, 0.3) is 11.8 Å². The molecule has 1 aromatic carbocycles. The number of carbonyl (C=O) groups is 3. The number of ether oxygens (including phenoxy) is 1. The number of nitrogens with one attached hydrogen (secondary N) is 1. The highest BCUT2D eigenvalue weighted by atomic mass is 16.5. The predicted molar refractivity (Wildman–Crippen MR) is 106 cm³/mol. The summed E-state index contributed by atoms with van der Waals surface area (Å²) in [6.07, 6.45) is 8.29. The second-order valence-corrected chi connectivity index (χ2v) is 7.58. The van der Waals surface area contributed by atoms with E-state index in [0.29, 0.717) is 5.56 Å². The van der Waals surface area contributed by atoms with E-state index in [-0.39, 0.29) is 31.0 Å². The Morgan fingerprint density at radius 2 is 1.93 bits per heavy atom. The molecule has 0 bridgehead atoms. The molecule has 1 saturated carbocycles. The van der Waals surface area contributed by atoms with Gasteiger partial charge in [0, 0.05) is 17.3 Å². The van der Waals surface area contributed by atoms with Crippen LogP contribution in [0.4, 0.5) is 0 Å². The van der Waals surface area contributed by atoms with Crippen LogP contribution in [0.5, 0.6) is 0 Å². The minimum Gasteiger partial charge on any atom is -0.454 e. The second-order valence-electron chi connectivity index (χ2n) is 7.58. The molecule has 1 N–H and O–H groups in total. The maximum Gasteiger partial charge on any atom is 0.325 e. The van der Waals surface area contributed by atoms with Crippen molar-refractivity contribution in [3.8, 4) is 0 Å². The summed E-state index contributed by atoms with van der Waals surface area (Å²) in [5, 5.41) is 2.55. The summed E-state index contributed by atoms with van der Waals surface area (Å²) in [5.74, 6) is -1.12. The van der Waals surface area contributed by atoms with Crippen LogP contribution in [0.1, 0.15) is 60.0 Å². The van der Waals surface area contributed by atoms with Crippen molar-refractivity contribution in [2.45, 2.75) is 58.4 Å². The van der Waals surface area contributed by atoms with Crippen molar-refractivity contribution in [1.82, 2.24) is 10.2 Å². The van der Waals surface area contributed by atoms with Gasteiger partial charge in [-0.15, -0.1) is 0 Å². The molecule has 2 amide bonds. The number of rotatable bonds is 7. The Balaban J connectivity index is 1.46. The van der Waals surface area contributed by atoms with Crippen LogP contribution in [0.25, 0.3) is 0 Å². The molecular weight excluding hydrogens is 356 g/mol. The summed E-state index contributed by atoms with van der Waals surface area (Å²) < 4.78 is 5.11. The number of allylic oxidation sites excluding steroid dienone is 2. The highest BCUT2D eigenvalue weighted by molar-refractivity contribution is 5.96. The zero-order valence-electron chi connectivity index (χ0n) is 16.6. The van der Waals surface area contributed by atoms with Crippen LogP contribution in [0.15, 0.2) is 30.0 Å². The molecule has 0 aliphatic heterocycles. The van der Waals surface area contributed by atoms with E-state index in [9.17, 15) is 14.4 Å². The molecule has 28 heavy (non-hydrogen) atoms. The molecule has 2 aliphatic carbocycles. The first-order valence-corrected chi connectivity index (χ1v) is 9.98. The predicted octanol–water partition coefficient (Wildman–Crippen LogP) is 3.03. The molecule has 6 nitrogen and oxygen atoms in total. The largest absolute Gasteiger partial charge is 0.454 e. The maximum absolute atomic E-state index is 12.6. The lowest BCUT2D eigenvalue weighted by atomic mass is 10.0. The van der Waals surface area contributed by atoms with E-state index in [1.165, 1.54) is 0 Å². The van der Waals surface area contributed by atoms with Gasteiger partial charge in [0.15, 0.2) is 6.61 Å². The Morgan fingerprint density at radius 1 is 1.14 bits per heavy atom. The summed E-state index contributed by atoms with van der Waals surface area (Å²) in [6.45, 7) is 3.36. The van der Waals surface area contributed by atoms with E-state index >= 15 is 0 Å². The average Bonchev–Trinajstić information content (AvgIpc) is 3.52. The zero-order valence-corrected chi connectivity index (χ0v) is 16.6. The zero-order chi connectivity index (χ0) is 20.1. The summed E-state index contributed by atoms with van der Waals surface area (Å²) >= 11 is 0.